The van der Waals surface area contributed by atoms with E-state index >= 15 is 0 Å². The molecule has 19 heavy (non-hydrogen) atoms. The highest BCUT2D eigenvalue weighted by Gasteiger charge is 2.29. The molecule has 104 valence electrons. The fourth-order valence-electron chi connectivity index (χ4n) is 2.35. The second-order valence-electron chi connectivity index (χ2n) is 5.27. The van der Waals surface area contributed by atoms with Crippen LogP contribution < -0.4 is 5.32 Å². The van der Waals surface area contributed by atoms with Crippen LogP contribution in [0.3, 0.4) is 0 Å². The summed E-state index contributed by atoms with van der Waals surface area (Å²) >= 11 is 0. The van der Waals surface area contributed by atoms with Crippen molar-refractivity contribution in [3.05, 3.63) is 24.2 Å². The van der Waals surface area contributed by atoms with Crippen molar-refractivity contribution in [2.45, 2.75) is 32.7 Å². The molecule has 1 aliphatic rings. The molecule has 0 radical (unpaired) electrons. The summed E-state index contributed by atoms with van der Waals surface area (Å²) in [5.41, 5.74) is 0.546. The quantitative estimate of drug-likeness (QED) is 0.903. The van der Waals surface area contributed by atoms with E-state index in [4.69, 9.17) is 4.42 Å². The Morgan fingerprint density at radius 1 is 1.47 bits per heavy atom. The minimum Gasteiger partial charge on any atom is -0.472 e. The first-order chi connectivity index (χ1) is 9.08. The highest BCUT2D eigenvalue weighted by Crippen LogP contribution is 2.19. The van der Waals surface area contributed by atoms with Crippen LogP contribution in [0.4, 0.5) is 0 Å². The van der Waals surface area contributed by atoms with Gasteiger partial charge >= 0.3 is 0 Å². The first-order valence-corrected chi connectivity index (χ1v) is 6.69. The summed E-state index contributed by atoms with van der Waals surface area (Å²) in [5.74, 6) is -0.123. The third-order valence-electron chi connectivity index (χ3n) is 3.28. The molecule has 0 saturated carbocycles. The summed E-state index contributed by atoms with van der Waals surface area (Å²) < 4.78 is 4.93. The molecule has 1 aromatic heterocycles. The maximum Gasteiger partial charge on any atom is 0.257 e. The average molecular weight is 264 g/mol. The second-order valence-corrected chi connectivity index (χ2v) is 5.27. The fraction of sp³-hybridized carbons (Fsp3) is 0.571. The molecule has 1 fully saturated rings. The third-order valence-corrected chi connectivity index (χ3v) is 3.28. The first-order valence-electron chi connectivity index (χ1n) is 6.69. The summed E-state index contributed by atoms with van der Waals surface area (Å²) in [5, 5.41) is 2.91. The van der Waals surface area contributed by atoms with Gasteiger partial charge in [0, 0.05) is 19.1 Å². The number of nitrogens with one attached hydrogen (secondary N) is 1. The van der Waals surface area contributed by atoms with Crippen LogP contribution in [0.25, 0.3) is 0 Å². The fourth-order valence-corrected chi connectivity index (χ4v) is 2.35. The number of carbonyl (C=O) groups excluding carboxylic acids is 2. The van der Waals surface area contributed by atoms with Crippen LogP contribution in [0.15, 0.2) is 23.0 Å². The molecule has 1 aliphatic heterocycles. The van der Waals surface area contributed by atoms with Crippen LogP contribution >= 0.6 is 0 Å². The molecular formula is C14H20N2O3. The van der Waals surface area contributed by atoms with Crippen molar-refractivity contribution >= 4 is 11.8 Å². The Morgan fingerprint density at radius 3 is 2.89 bits per heavy atom. The number of piperidine rings is 1. The van der Waals surface area contributed by atoms with Gasteiger partial charge in [-0.2, -0.15) is 0 Å². The molecular weight excluding hydrogens is 244 g/mol. The van der Waals surface area contributed by atoms with Crippen molar-refractivity contribution in [1.82, 2.24) is 10.2 Å². The number of nitrogens with zero attached hydrogens (tertiary/aromatic N) is 1. The van der Waals surface area contributed by atoms with E-state index in [1.165, 1.54) is 12.5 Å². The van der Waals surface area contributed by atoms with Crippen molar-refractivity contribution in [2.75, 3.05) is 13.1 Å². The molecule has 2 heterocycles. The number of likely N-dealkylation sites (tertiary alicyclic amines) is 1. The highest BCUT2D eigenvalue weighted by atomic mass is 16.3. The standard InChI is InChI=1S/C14H20N2O3/c1-10(2)15-13(17)11-4-3-6-16(8-11)14(18)12-5-7-19-9-12/h5,7,9-11H,3-4,6,8H2,1-2H3,(H,15,17). The Labute approximate surface area is 113 Å². The molecule has 5 heteroatoms. The topological polar surface area (TPSA) is 62.6 Å². The van der Waals surface area contributed by atoms with E-state index in [1.807, 2.05) is 13.8 Å². The van der Waals surface area contributed by atoms with E-state index < -0.39 is 0 Å². The lowest BCUT2D eigenvalue weighted by Gasteiger charge is -2.32. The minimum absolute atomic E-state index is 0.0414. The van der Waals surface area contributed by atoms with Crippen LogP contribution in [0, 0.1) is 5.92 Å². The Morgan fingerprint density at radius 2 is 2.26 bits per heavy atom. The van der Waals surface area contributed by atoms with Gasteiger partial charge in [-0.3, -0.25) is 9.59 Å². The molecule has 2 rings (SSSR count). The maximum atomic E-state index is 12.2. The summed E-state index contributed by atoms with van der Waals surface area (Å²) in [4.78, 5) is 25.9. The zero-order valence-electron chi connectivity index (χ0n) is 11.4. The van der Waals surface area contributed by atoms with Crippen LogP contribution in [-0.2, 0) is 4.79 Å². The number of hydrogen-bond acceptors (Lipinski definition) is 3. The molecule has 1 unspecified atom stereocenters. The van der Waals surface area contributed by atoms with E-state index in [2.05, 4.69) is 5.32 Å². The van der Waals surface area contributed by atoms with Crippen LogP contribution in [-0.4, -0.2) is 35.8 Å². The molecule has 1 aromatic rings. The predicted octanol–water partition coefficient (Wildman–Crippen LogP) is 1.66. The third kappa shape index (κ3) is 3.36. The van der Waals surface area contributed by atoms with Crippen molar-refractivity contribution in [1.29, 1.82) is 0 Å². The number of rotatable bonds is 3. The van der Waals surface area contributed by atoms with Crippen molar-refractivity contribution in [2.24, 2.45) is 5.92 Å². The van der Waals surface area contributed by atoms with Gasteiger partial charge in [0.1, 0.15) is 6.26 Å². The van der Waals surface area contributed by atoms with E-state index in [-0.39, 0.29) is 23.8 Å². The Balaban J connectivity index is 1.97. The Hall–Kier alpha value is -1.78. The van der Waals surface area contributed by atoms with Crippen LogP contribution in [0.2, 0.25) is 0 Å². The number of furan rings is 1. The molecule has 0 spiro atoms. The van der Waals surface area contributed by atoms with Crippen molar-refractivity contribution in [3.8, 4) is 0 Å². The Kier molecular flexibility index (Phi) is 4.24. The van der Waals surface area contributed by atoms with E-state index in [0.717, 1.165) is 12.8 Å². The minimum atomic E-state index is -0.105. The summed E-state index contributed by atoms with van der Waals surface area (Å²) in [6.45, 7) is 5.07. The number of carbonyl (C=O) groups is 2. The first kappa shape index (κ1) is 13.6. The van der Waals surface area contributed by atoms with Gasteiger partial charge in [0.2, 0.25) is 5.91 Å². The molecule has 2 amide bonds. The maximum absolute atomic E-state index is 12.2. The van der Waals surface area contributed by atoms with Crippen LogP contribution in [0.5, 0.6) is 0 Å². The van der Waals surface area contributed by atoms with Gasteiger partial charge in [-0.05, 0) is 32.8 Å². The summed E-state index contributed by atoms with van der Waals surface area (Å²) in [6.07, 6.45) is 4.63. The SMILES string of the molecule is CC(C)NC(=O)C1CCCN(C(=O)c2ccoc2)C1. The predicted molar refractivity (Wildman–Crippen MR) is 70.6 cm³/mol. The summed E-state index contributed by atoms with van der Waals surface area (Å²) in [6, 6.07) is 1.78. The monoisotopic (exact) mass is 264 g/mol. The molecule has 1 atom stereocenters. The molecule has 0 aliphatic carbocycles. The molecule has 0 aromatic carbocycles. The van der Waals surface area contributed by atoms with Gasteiger partial charge in [0.15, 0.2) is 0 Å². The van der Waals surface area contributed by atoms with Gasteiger partial charge in [0.25, 0.3) is 5.91 Å². The largest absolute Gasteiger partial charge is 0.472 e. The number of hydrogen-bond donors (Lipinski definition) is 1. The average Bonchev–Trinajstić information content (AvgIpc) is 2.91. The lowest BCUT2D eigenvalue weighted by atomic mass is 9.96. The summed E-state index contributed by atoms with van der Waals surface area (Å²) in [7, 11) is 0. The van der Waals surface area contributed by atoms with E-state index in [9.17, 15) is 9.59 Å². The van der Waals surface area contributed by atoms with Gasteiger partial charge in [-0.15, -0.1) is 0 Å². The highest BCUT2D eigenvalue weighted by molar-refractivity contribution is 5.94. The normalized spacial score (nSPS) is 19.5. The van der Waals surface area contributed by atoms with E-state index in [0.29, 0.717) is 18.7 Å². The van der Waals surface area contributed by atoms with Gasteiger partial charge < -0.3 is 14.6 Å². The molecule has 1 saturated heterocycles. The van der Waals surface area contributed by atoms with Crippen molar-refractivity contribution < 1.29 is 14.0 Å². The zero-order valence-corrected chi connectivity index (χ0v) is 11.4. The lowest BCUT2D eigenvalue weighted by Crippen LogP contribution is -2.46. The van der Waals surface area contributed by atoms with Gasteiger partial charge in [-0.25, -0.2) is 0 Å². The van der Waals surface area contributed by atoms with Gasteiger partial charge in [-0.1, -0.05) is 0 Å². The molecule has 5 nitrogen and oxygen atoms in total. The van der Waals surface area contributed by atoms with Gasteiger partial charge in [0.05, 0.1) is 17.7 Å². The lowest BCUT2D eigenvalue weighted by molar-refractivity contribution is -0.126. The molecule has 1 N–H and O–H groups in total. The Bertz CT molecular complexity index is 440. The zero-order chi connectivity index (χ0) is 13.8. The van der Waals surface area contributed by atoms with Crippen molar-refractivity contribution in [3.63, 3.8) is 0 Å². The second kappa shape index (κ2) is 5.91. The van der Waals surface area contributed by atoms with E-state index in [1.54, 1.807) is 11.0 Å². The van der Waals surface area contributed by atoms with Crippen LogP contribution in [0.1, 0.15) is 37.0 Å². The number of amides is 2. The molecule has 0 bridgehead atoms. The smallest absolute Gasteiger partial charge is 0.257 e.